The molecular weight excluding hydrogens is 380 g/mol. The van der Waals surface area contributed by atoms with Crippen molar-refractivity contribution in [2.75, 3.05) is 6.54 Å². The molecule has 0 spiro atoms. The molecule has 156 valence electrons. The van der Waals surface area contributed by atoms with E-state index in [1.54, 1.807) is 0 Å². The van der Waals surface area contributed by atoms with Gasteiger partial charge in [0.15, 0.2) is 0 Å². The molecule has 1 fully saturated rings. The Morgan fingerprint density at radius 3 is 1.80 bits per heavy atom. The van der Waals surface area contributed by atoms with Gasteiger partial charge in [0.05, 0.1) is 0 Å². The van der Waals surface area contributed by atoms with Crippen LogP contribution in [0, 0.1) is 11.3 Å². The maximum Gasteiger partial charge on any atom is 0.344 e. The van der Waals surface area contributed by atoms with Crippen molar-refractivity contribution in [2.24, 2.45) is 16.3 Å². The lowest BCUT2D eigenvalue weighted by Gasteiger charge is -2.35. The Labute approximate surface area is 176 Å². The summed E-state index contributed by atoms with van der Waals surface area (Å²) < 4.78 is 0. The van der Waals surface area contributed by atoms with Gasteiger partial charge in [0.1, 0.15) is 5.41 Å². The average molecular weight is 406 g/mol. The average Bonchev–Trinajstić information content (AvgIpc) is 2.72. The van der Waals surface area contributed by atoms with Crippen LogP contribution < -0.4 is 16.0 Å². The van der Waals surface area contributed by atoms with E-state index in [9.17, 15) is 14.4 Å². The smallest absolute Gasteiger partial charge is 0.336 e. The second kappa shape index (κ2) is 9.35. The predicted molar refractivity (Wildman–Crippen MR) is 115 cm³/mol. The number of nitrogens with one attached hydrogen (secondary N) is 3. The Kier molecular flexibility index (Phi) is 6.61. The van der Waals surface area contributed by atoms with Crippen LogP contribution in [0.5, 0.6) is 0 Å². The highest BCUT2D eigenvalue weighted by Gasteiger charge is 2.49. The topological polar surface area (TPSA) is 99.7 Å². The van der Waals surface area contributed by atoms with Crippen LogP contribution >= 0.6 is 0 Å². The molecule has 1 saturated heterocycles. The van der Waals surface area contributed by atoms with Crippen molar-refractivity contribution in [1.29, 1.82) is 0 Å². The second-order valence-corrected chi connectivity index (χ2v) is 7.86. The lowest BCUT2D eigenvalue weighted by molar-refractivity contribution is -0.143. The van der Waals surface area contributed by atoms with Gasteiger partial charge in [-0.05, 0) is 29.9 Å². The van der Waals surface area contributed by atoms with E-state index in [1.165, 1.54) is 0 Å². The van der Waals surface area contributed by atoms with Crippen molar-refractivity contribution < 1.29 is 14.4 Å². The number of guanidine groups is 1. The minimum Gasteiger partial charge on any atom is -0.336 e. The number of amides is 4. The van der Waals surface area contributed by atoms with Crippen molar-refractivity contribution in [3.63, 3.8) is 0 Å². The molecule has 7 nitrogen and oxygen atoms in total. The molecule has 0 unspecified atom stereocenters. The summed E-state index contributed by atoms with van der Waals surface area (Å²) in [6.45, 7) is 4.36. The Balaban J connectivity index is 1.86. The predicted octanol–water partition coefficient (Wildman–Crippen LogP) is 2.43. The molecule has 0 aliphatic carbocycles. The quantitative estimate of drug-likeness (QED) is 0.643. The fourth-order valence-corrected chi connectivity index (χ4v) is 3.35. The molecule has 0 bridgehead atoms. The highest BCUT2D eigenvalue weighted by Crippen LogP contribution is 2.31. The summed E-state index contributed by atoms with van der Waals surface area (Å²) in [5.41, 5.74) is 0.387. The maximum absolute atomic E-state index is 13.2. The van der Waals surface area contributed by atoms with E-state index in [1.807, 2.05) is 74.5 Å². The zero-order valence-electron chi connectivity index (χ0n) is 17.1. The number of carbonyl (C=O) groups is 3. The van der Waals surface area contributed by atoms with Gasteiger partial charge in [-0.1, -0.05) is 74.5 Å². The van der Waals surface area contributed by atoms with E-state index in [4.69, 9.17) is 0 Å². The first-order valence-electron chi connectivity index (χ1n) is 9.96. The normalized spacial score (nSPS) is 15.4. The molecule has 3 N–H and O–H groups in total. The van der Waals surface area contributed by atoms with Gasteiger partial charge in [0.25, 0.3) is 0 Å². The van der Waals surface area contributed by atoms with Crippen LogP contribution in [0.4, 0.5) is 4.79 Å². The van der Waals surface area contributed by atoms with E-state index in [-0.39, 0.29) is 24.7 Å². The second-order valence-electron chi connectivity index (χ2n) is 7.86. The number of nitrogens with zero attached hydrogens (tertiary/aromatic N) is 1. The fraction of sp³-hybridized carbons (Fsp3) is 0.304. The number of carbonyl (C=O) groups excluding carboxylic acids is 3. The third-order valence-electron chi connectivity index (χ3n) is 4.91. The molecule has 1 aliphatic heterocycles. The van der Waals surface area contributed by atoms with Crippen LogP contribution in [-0.2, 0) is 22.4 Å². The number of hydrogen-bond donors (Lipinski definition) is 3. The summed E-state index contributed by atoms with van der Waals surface area (Å²) in [4.78, 5) is 42.2. The van der Waals surface area contributed by atoms with Gasteiger partial charge < -0.3 is 5.32 Å². The van der Waals surface area contributed by atoms with Crippen LogP contribution in [0.3, 0.4) is 0 Å². The Bertz CT molecular complexity index is 876. The maximum atomic E-state index is 13.2. The number of aliphatic imine (C=N–C) groups is 1. The summed E-state index contributed by atoms with van der Waals surface area (Å²) in [7, 11) is 0. The number of rotatable bonds is 6. The van der Waals surface area contributed by atoms with Crippen molar-refractivity contribution in [3.8, 4) is 0 Å². The lowest BCUT2D eigenvalue weighted by atomic mass is 9.74. The number of urea groups is 1. The van der Waals surface area contributed by atoms with Crippen LogP contribution in [0.2, 0.25) is 0 Å². The summed E-state index contributed by atoms with van der Waals surface area (Å²) in [5, 5.41) is 7.86. The first-order chi connectivity index (χ1) is 14.4. The van der Waals surface area contributed by atoms with Crippen molar-refractivity contribution >= 4 is 23.8 Å². The van der Waals surface area contributed by atoms with Gasteiger partial charge in [0, 0.05) is 6.54 Å². The molecule has 0 radical (unpaired) electrons. The zero-order chi connectivity index (χ0) is 21.6. The van der Waals surface area contributed by atoms with E-state index in [2.05, 4.69) is 20.9 Å². The van der Waals surface area contributed by atoms with Crippen molar-refractivity contribution in [2.45, 2.75) is 26.7 Å². The summed E-state index contributed by atoms with van der Waals surface area (Å²) in [6.07, 6.45) is 0.459. The summed E-state index contributed by atoms with van der Waals surface area (Å²) >= 11 is 0. The minimum atomic E-state index is -1.35. The molecule has 0 aromatic heterocycles. The van der Waals surface area contributed by atoms with Gasteiger partial charge in [0.2, 0.25) is 17.8 Å². The van der Waals surface area contributed by atoms with Crippen LogP contribution in [0.25, 0.3) is 0 Å². The first-order valence-corrected chi connectivity index (χ1v) is 9.96. The summed E-state index contributed by atoms with van der Waals surface area (Å²) in [6, 6.07) is 18.2. The Morgan fingerprint density at radius 2 is 1.37 bits per heavy atom. The Hall–Kier alpha value is -3.48. The van der Waals surface area contributed by atoms with E-state index in [0.717, 1.165) is 11.1 Å². The third kappa shape index (κ3) is 5.11. The molecule has 2 aromatic rings. The molecule has 4 amide bonds. The molecular formula is C23H26N4O3. The molecule has 1 aliphatic rings. The molecule has 7 heteroatoms. The minimum absolute atomic E-state index is 0.150. The van der Waals surface area contributed by atoms with Crippen molar-refractivity contribution in [1.82, 2.24) is 16.0 Å². The van der Waals surface area contributed by atoms with Crippen LogP contribution in [0.1, 0.15) is 25.0 Å². The van der Waals surface area contributed by atoms with Gasteiger partial charge in [-0.15, -0.1) is 0 Å². The van der Waals surface area contributed by atoms with Crippen LogP contribution in [0.15, 0.2) is 65.7 Å². The SMILES string of the molecule is CC(C)CNC(=O)N=C1NC(=O)C(Cc2ccccc2)(Cc2ccccc2)C(=O)N1. The lowest BCUT2D eigenvalue weighted by Crippen LogP contribution is -2.64. The van der Waals surface area contributed by atoms with Gasteiger partial charge in [-0.25, -0.2) is 4.79 Å². The highest BCUT2D eigenvalue weighted by molar-refractivity contribution is 6.21. The van der Waals surface area contributed by atoms with E-state index < -0.39 is 23.3 Å². The summed E-state index contributed by atoms with van der Waals surface area (Å²) in [5.74, 6) is -0.846. The molecule has 0 saturated carbocycles. The number of hydrogen-bond acceptors (Lipinski definition) is 3. The van der Waals surface area contributed by atoms with Gasteiger partial charge in [-0.3, -0.25) is 20.2 Å². The largest absolute Gasteiger partial charge is 0.344 e. The molecule has 1 heterocycles. The van der Waals surface area contributed by atoms with Crippen LogP contribution in [-0.4, -0.2) is 30.3 Å². The molecule has 3 rings (SSSR count). The van der Waals surface area contributed by atoms with Gasteiger partial charge >= 0.3 is 6.03 Å². The molecule has 2 aromatic carbocycles. The first kappa shape index (κ1) is 21.2. The molecule has 0 atom stereocenters. The monoisotopic (exact) mass is 406 g/mol. The van der Waals surface area contributed by atoms with Gasteiger partial charge in [-0.2, -0.15) is 4.99 Å². The number of benzene rings is 2. The zero-order valence-corrected chi connectivity index (χ0v) is 17.1. The highest BCUT2D eigenvalue weighted by atomic mass is 16.2. The van der Waals surface area contributed by atoms with E-state index in [0.29, 0.717) is 6.54 Å². The standard InChI is InChI=1S/C23H26N4O3/c1-16(2)15-24-22(30)27-21-25-19(28)23(20(29)26-21,13-17-9-5-3-6-10-17)14-18-11-7-4-8-12-18/h3-12,16H,13-15H2,1-2H3,(H3,24,25,26,27,28,29,30). The Morgan fingerprint density at radius 1 is 0.900 bits per heavy atom. The van der Waals surface area contributed by atoms with Crippen molar-refractivity contribution in [3.05, 3.63) is 71.8 Å². The fourth-order valence-electron chi connectivity index (χ4n) is 3.35. The molecule has 30 heavy (non-hydrogen) atoms. The van der Waals surface area contributed by atoms with E-state index >= 15 is 0 Å². The third-order valence-corrected chi connectivity index (χ3v) is 4.91.